The monoisotopic (exact) mass is 814 g/mol. The molecule has 0 radical (unpaired) electrons. The van der Waals surface area contributed by atoms with Gasteiger partial charge in [0.25, 0.3) is 0 Å². The molecule has 9 heteroatoms. The Bertz CT molecular complexity index is 915. The highest BCUT2D eigenvalue weighted by molar-refractivity contribution is 7.47. The molecule has 2 unspecified atom stereocenters. The van der Waals surface area contributed by atoms with Gasteiger partial charge in [-0.2, -0.15) is 0 Å². The number of hydrogen-bond donors (Lipinski definition) is 2. The first-order valence-corrected chi connectivity index (χ1v) is 25.3. The fourth-order valence-electron chi connectivity index (χ4n) is 6.81. The second-order valence-electron chi connectivity index (χ2n) is 16.0. The number of esters is 1. The highest BCUT2D eigenvalue weighted by Gasteiger charge is 2.25. The van der Waals surface area contributed by atoms with Gasteiger partial charge in [0, 0.05) is 19.6 Å². The molecule has 2 atom stereocenters. The van der Waals surface area contributed by atoms with Crippen LogP contribution in [0.3, 0.4) is 0 Å². The van der Waals surface area contributed by atoms with Crippen molar-refractivity contribution in [3.63, 3.8) is 0 Å². The lowest BCUT2D eigenvalue weighted by Gasteiger charge is -2.20. The van der Waals surface area contributed by atoms with Crippen LogP contribution in [0.15, 0.2) is 24.3 Å². The van der Waals surface area contributed by atoms with E-state index in [1.54, 1.807) is 0 Å². The minimum absolute atomic E-state index is 0.0948. The Morgan fingerprint density at radius 1 is 0.518 bits per heavy atom. The SMILES string of the molecule is CCCCCCCC/C=C\CCCCCCCCCCCC(=O)OC(COCCCCCCCCCC/C=C\CCCCCCCC)COP(=O)(O)OCCN. The Labute approximate surface area is 346 Å². The third-order valence-corrected chi connectivity index (χ3v) is 11.3. The molecule has 0 fully saturated rings. The van der Waals surface area contributed by atoms with Crippen molar-refractivity contribution in [3.05, 3.63) is 24.3 Å². The van der Waals surface area contributed by atoms with E-state index in [1.807, 2.05) is 0 Å². The summed E-state index contributed by atoms with van der Waals surface area (Å²) in [5.41, 5.74) is 5.38. The second-order valence-corrected chi connectivity index (χ2v) is 17.4. The number of nitrogens with two attached hydrogens (primary N) is 1. The Balaban J connectivity index is 3.97. The van der Waals surface area contributed by atoms with Crippen molar-refractivity contribution in [3.8, 4) is 0 Å². The van der Waals surface area contributed by atoms with Crippen molar-refractivity contribution in [2.45, 2.75) is 238 Å². The van der Waals surface area contributed by atoms with Gasteiger partial charge in [0.15, 0.2) is 0 Å². The third-order valence-electron chi connectivity index (χ3n) is 10.3. The maximum absolute atomic E-state index is 12.6. The van der Waals surface area contributed by atoms with Gasteiger partial charge in [0.2, 0.25) is 0 Å². The minimum Gasteiger partial charge on any atom is -0.457 e. The van der Waals surface area contributed by atoms with Gasteiger partial charge in [0.05, 0.1) is 19.8 Å². The predicted molar refractivity (Wildman–Crippen MR) is 238 cm³/mol. The summed E-state index contributed by atoms with van der Waals surface area (Å²) in [5.74, 6) is -0.330. The summed E-state index contributed by atoms with van der Waals surface area (Å²) >= 11 is 0. The van der Waals surface area contributed by atoms with Gasteiger partial charge in [-0.1, -0.05) is 186 Å². The van der Waals surface area contributed by atoms with Gasteiger partial charge < -0.3 is 20.1 Å². The molecule has 8 nitrogen and oxygen atoms in total. The molecule has 332 valence electrons. The lowest BCUT2D eigenvalue weighted by molar-refractivity contribution is -0.154. The van der Waals surface area contributed by atoms with Crippen molar-refractivity contribution in [2.75, 3.05) is 33.0 Å². The lowest BCUT2D eigenvalue weighted by Crippen LogP contribution is -2.28. The number of unbranched alkanes of at least 4 members (excludes halogenated alkanes) is 29. The molecule has 0 saturated heterocycles. The average Bonchev–Trinajstić information content (AvgIpc) is 3.19. The summed E-state index contributed by atoms with van der Waals surface area (Å²) < 4.78 is 33.5. The van der Waals surface area contributed by atoms with Crippen LogP contribution in [0.1, 0.15) is 232 Å². The van der Waals surface area contributed by atoms with Crippen LogP contribution >= 0.6 is 7.82 Å². The van der Waals surface area contributed by atoms with Gasteiger partial charge in [0.1, 0.15) is 6.10 Å². The van der Waals surface area contributed by atoms with E-state index in [-0.39, 0.29) is 32.3 Å². The van der Waals surface area contributed by atoms with E-state index in [0.717, 1.165) is 32.1 Å². The van der Waals surface area contributed by atoms with Crippen molar-refractivity contribution < 1.29 is 32.8 Å². The first-order valence-electron chi connectivity index (χ1n) is 23.8. The molecule has 0 bridgehead atoms. The number of carbonyl (C=O) groups is 1. The van der Waals surface area contributed by atoms with E-state index < -0.39 is 13.9 Å². The first kappa shape index (κ1) is 55.0. The largest absolute Gasteiger partial charge is 0.472 e. The van der Waals surface area contributed by atoms with Gasteiger partial charge in [-0.15, -0.1) is 0 Å². The van der Waals surface area contributed by atoms with Crippen LogP contribution in [-0.2, 0) is 27.9 Å². The fraction of sp³-hybridized carbons (Fsp3) is 0.894. The number of allylic oxidation sites excluding steroid dienone is 4. The minimum atomic E-state index is -4.28. The summed E-state index contributed by atoms with van der Waals surface area (Å²) in [6, 6.07) is 0. The smallest absolute Gasteiger partial charge is 0.457 e. The first-order chi connectivity index (χ1) is 27.4. The van der Waals surface area contributed by atoms with Crippen LogP contribution in [0.25, 0.3) is 0 Å². The number of carbonyl (C=O) groups excluding carboxylic acids is 1. The molecular weight excluding hydrogens is 721 g/mol. The molecule has 0 saturated carbocycles. The molecule has 0 aromatic heterocycles. The van der Waals surface area contributed by atoms with E-state index >= 15 is 0 Å². The molecule has 0 aliphatic heterocycles. The molecule has 0 aliphatic carbocycles. The summed E-state index contributed by atoms with van der Waals surface area (Å²) in [5, 5.41) is 0. The molecule has 0 spiro atoms. The molecule has 0 aromatic carbocycles. The average molecular weight is 814 g/mol. The van der Waals surface area contributed by atoms with Gasteiger partial charge in [-0.3, -0.25) is 13.8 Å². The van der Waals surface area contributed by atoms with E-state index in [4.69, 9.17) is 24.3 Å². The topological polar surface area (TPSA) is 117 Å². The lowest BCUT2D eigenvalue weighted by atomic mass is 10.1. The molecule has 3 N–H and O–H groups in total. The predicted octanol–water partition coefficient (Wildman–Crippen LogP) is 14.4. The van der Waals surface area contributed by atoms with Crippen molar-refractivity contribution in [1.82, 2.24) is 0 Å². The fourth-order valence-corrected chi connectivity index (χ4v) is 7.58. The van der Waals surface area contributed by atoms with Crippen LogP contribution in [0.5, 0.6) is 0 Å². The van der Waals surface area contributed by atoms with Crippen LogP contribution in [-0.4, -0.2) is 49.9 Å². The Kier molecular flexibility index (Phi) is 44.3. The Hall–Kier alpha value is -1.02. The number of hydrogen-bond acceptors (Lipinski definition) is 7. The van der Waals surface area contributed by atoms with Crippen LogP contribution in [0, 0.1) is 0 Å². The van der Waals surface area contributed by atoms with Crippen molar-refractivity contribution >= 4 is 13.8 Å². The summed E-state index contributed by atoms with van der Waals surface area (Å²) in [6.45, 7) is 4.94. The van der Waals surface area contributed by atoms with Gasteiger partial charge in [-0.25, -0.2) is 4.57 Å². The van der Waals surface area contributed by atoms with Gasteiger partial charge in [-0.05, 0) is 64.2 Å². The zero-order valence-electron chi connectivity index (χ0n) is 36.9. The summed E-state index contributed by atoms with van der Waals surface area (Å²) in [4.78, 5) is 22.5. The normalized spacial score (nSPS) is 13.6. The van der Waals surface area contributed by atoms with E-state index in [1.165, 1.54) is 180 Å². The zero-order chi connectivity index (χ0) is 40.9. The molecule has 0 amide bonds. The van der Waals surface area contributed by atoms with E-state index in [9.17, 15) is 14.3 Å². The van der Waals surface area contributed by atoms with E-state index in [0.29, 0.717) is 13.0 Å². The molecule has 0 aromatic rings. The maximum Gasteiger partial charge on any atom is 0.472 e. The number of phosphoric acid groups is 1. The zero-order valence-corrected chi connectivity index (χ0v) is 37.8. The maximum atomic E-state index is 12.6. The van der Waals surface area contributed by atoms with Crippen LogP contribution in [0.4, 0.5) is 0 Å². The second kappa shape index (κ2) is 45.1. The number of ether oxygens (including phenoxy) is 2. The summed E-state index contributed by atoms with van der Waals surface area (Å²) in [7, 11) is -4.28. The molecule has 0 heterocycles. The molecular formula is C47H92NO7P. The Morgan fingerprint density at radius 2 is 0.893 bits per heavy atom. The number of rotatable bonds is 46. The Morgan fingerprint density at radius 3 is 1.30 bits per heavy atom. The quantitative estimate of drug-likeness (QED) is 0.0270. The van der Waals surface area contributed by atoms with Crippen molar-refractivity contribution in [1.29, 1.82) is 0 Å². The van der Waals surface area contributed by atoms with Crippen LogP contribution < -0.4 is 5.73 Å². The number of phosphoric ester groups is 1. The third kappa shape index (κ3) is 44.1. The highest BCUT2D eigenvalue weighted by Crippen LogP contribution is 2.43. The molecule has 56 heavy (non-hydrogen) atoms. The van der Waals surface area contributed by atoms with E-state index in [2.05, 4.69) is 38.2 Å². The van der Waals surface area contributed by atoms with Crippen LogP contribution in [0.2, 0.25) is 0 Å². The summed E-state index contributed by atoms with van der Waals surface area (Å²) in [6.07, 6.45) is 50.5. The standard InChI is InChI=1S/C47H92NO7P/c1-3-5-7-9-11-13-15-17-19-21-23-24-26-28-30-32-34-36-38-40-47(49)55-46(45-54-56(50,51)53-43-41-48)44-52-42-39-37-35-33-31-29-27-25-22-20-18-16-14-12-10-8-6-4-2/h17-20,46H,3-16,21-45,48H2,1-2H3,(H,50,51)/b19-17-,20-18-. The molecule has 0 rings (SSSR count). The van der Waals surface area contributed by atoms with Gasteiger partial charge >= 0.3 is 13.8 Å². The van der Waals surface area contributed by atoms with Crippen molar-refractivity contribution in [2.24, 2.45) is 5.73 Å². The molecule has 0 aliphatic rings. The highest BCUT2D eigenvalue weighted by atomic mass is 31.2.